The van der Waals surface area contributed by atoms with Crippen molar-refractivity contribution in [3.63, 3.8) is 0 Å². The highest BCUT2D eigenvalue weighted by Gasteiger charge is 2.14. The second kappa shape index (κ2) is 4.81. The summed E-state index contributed by atoms with van der Waals surface area (Å²) in [6, 6.07) is 2.64. The molecular formula is C8H11ClN4O2. The molecular weight excluding hydrogens is 220 g/mol. The Labute approximate surface area is 91.3 Å². The maximum Gasteiger partial charge on any atom is 0.294 e. The fraction of sp³-hybridized carbons (Fsp3) is 0.250. The lowest BCUT2D eigenvalue weighted by molar-refractivity contribution is -0.383. The smallest absolute Gasteiger partial charge is 0.294 e. The van der Waals surface area contributed by atoms with Crippen molar-refractivity contribution in [2.45, 2.75) is 0 Å². The van der Waals surface area contributed by atoms with Gasteiger partial charge in [0.1, 0.15) is 5.69 Å². The number of nitrogen functional groups attached to an aromatic ring is 1. The van der Waals surface area contributed by atoms with Crippen molar-refractivity contribution in [3.05, 3.63) is 27.3 Å². The van der Waals surface area contributed by atoms with Crippen LogP contribution in [0.1, 0.15) is 0 Å². The van der Waals surface area contributed by atoms with Gasteiger partial charge in [-0.15, -0.1) is 0 Å². The Hall–Kier alpha value is -1.53. The minimum Gasteiger partial charge on any atom is -0.393 e. The average molecular weight is 231 g/mol. The molecule has 1 aromatic carbocycles. The van der Waals surface area contributed by atoms with Crippen LogP contribution in [0.4, 0.5) is 17.1 Å². The zero-order chi connectivity index (χ0) is 11.4. The molecule has 7 heteroatoms. The van der Waals surface area contributed by atoms with E-state index in [1.165, 1.54) is 12.1 Å². The SMILES string of the molecule is NCCNc1cc([N+](=O)[O-])c(N)cc1Cl. The summed E-state index contributed by atoms with van der Waals surface area (Å²) in [5.41, 5.74) is 11.1. The van der Waals surface area contributed by atoms with Gasteiger partial charge in [0.05, 0.1) is 15.6 Å². The van der Waals surface area contributed by atoms with E-state index in [2.05, 4.69) is 5.32 Å². The lowest BCUT2D eigenvalue weighted by Gasteiger charge is -2.07. The summed E-state index contributed by atoms with van der Waals surface area (Å²) in [6.07, 6.45) is 0. The number of nitro benzene ring substituents is 1. The van der Waals surface area contributed by atoms with Gasteiger partial charge in [0.2, 0.25) is 0 Å². The number of benzene rings is 1. The number of rotatable bonds is 4. The number of nitrogens with one attached hydrogen (secondary N) is 1. The van der Waals surface area contributed by atoms with Crippen LogP contribution < -0.4 is 16.8 Å². The van der Waals surface area contributed by atoms with Gasteiger partial charge in [0.15, 0.2) is 0 Å². The molecule has 15 heavy (non-hydrogen) atoms. The third-order valence-corrected chi connectivity index (χ3v) is 2.09. The van der Waals surface area contributed by atoms with Gasteiger partial charge in [0.25, 0.3) is 5.69 Å². The van der Waals surface area contributed by atoms with E-state index in [4.69, 9.17) is 23.1 Å². The van der Waals surface area contributed by atoms with Crippen LogP contribution in [-0.2, 0) is 0 Å². The Kier molecular flexibility index (Phi) is 3.70. The van der Waals surface area contributed by atoms with Crippen molar-refractivity contribution in [3.8, 4) is 0 Å². The third kappa shape index (κ3) is 2.71. The number of nitrogens with two attached hydrogens (primary N) is 2. The highest BCUT2D eigenvalue weighted by molar-refractivity contribution is 6.33. The Morgan fingerprint density at radius 2 is 2.20 bits per heavy atom. The van der Waals surface area contributed by atoms with Crippen LogP contribution in [0.2, 0.25) is 5.02 Å². The van der Waals surface area contributed by atoms with E-state index in [9.17, 15) is 10.1 Å². The number of nitrogens with zero attached hydrogens (tertiary/aromatic N) is 1. The fourth-order valence-corrected chi connectivity index (χ4v) is 1.32. The van der Waals surface area contributed by atoms with Gasteiger partial charge in [-0.05, 0) is 6.07 Å². The van der Waals surface area contributed by atoms with Crippen LogP contribution in [0.25, 0.3) is 0 Å². The minimum absolute atomic E-state index is 0.0447. The monoisotopic (exact) mass is 230 g/mol. The molecule has 0 fully saturated rings. The van der Waals surface area contributed by atoms with E-state index in [-0.39, 0.29) is 11.4 Å². The molecule has 0 aliphatic carbocycles. The molecule has 0 unspecified atom stereocenters. The molecule has 0 radical (unpaired) electrons. The summed E-state index contributed by atoms with van der Waals surface area (Å²) in [5.74, 6) is 0. The first-order chi connectivity index (χ1) is 7.06. The third-order valence-electron chi connectivity index (χ3n) is 1.77. The molecule has 0 saturated carbocycles. The van der Waals surface area contributed by atoms with Crippen molar-refractivity contribution in [2.75, 3.05) is 24.1 Å². The van der Waals surface area contributed by atoms with Gasteiger partial charge in [0, 0.05) is 19.2 Å². The lowest BCUT2D eigenvalue weighted by Crippen LogP contribution is -2.13. The van der Waals surface area contributed by atoms with E-state index in [1.54, 1.807) is 0 Å². The van der Waals surface area contributed by atoms with Gasteiger partial charge < -0.3 is 16.8 Å². The van der Waals surface area contributed by atoms with Crippen molar-refractivity contribution in [1.29, 1.82) is 0 Å². The van der Waals surface area contributed by atoms with Crippen LogP contribution in [0, 0.1) is 10.1 Å². The zero-order valence-electron chi connectivity index (χ0n) is 7.87. The quantitative estimate of drug-likeness (QED) is 0.409. The largest absolute Gasteiger partial charge is 0.393 e. The van der Waals surface area contributed by atoms with E-state index >= 15 is 0 Å². The molecule has 0 aliphatic rings. The molecule has 0 heterocycles. The molecule has 0 aromatic heterocycles. The van der Waals surface area contributed by atoms with Crippen LogP contribution in [-0.4, -0.2) is 18.0 Å². The summed E-state index contributed by atoms with van der Waals surface area (Å²) < 4.78 is 0. The normalized spacial score (nSPS) is 10.0. The van der Waals surface area contributed by atoms with Gasteiger partial charge in [-0.2, -0.15) is 0 Å². The molecule has 0 bridgehead atoms. The summed E-state index contributed by atoms with van der Waals surface area (Å²) >= 11 is 5.84. The molecule has 82 valence electrons. The maximum atomic E-state index is 10.6. The predicted molar refractivity (Wildman–Crippen MR) is 60.1 cm³/mol. The fourth-order valence-electron chi connectivity index (χ4n) is 1.08. The van der Waals surface area contributed by atoms with Crippen LogP contribution in [0.15, 0.2) is 12.1 Å². The average Bonchev–Trinajstić information content (AvgIpc) is 2.16. The first kappa shape index (κ1) is 11.5. The molecule has 6 nitrogen and oxygen atoms in total. The molecule has 0 amide bonds. The van der Waals surface area contributed by atoms with Crippen LogP contribution in [0.3, 0.4) is 0 Å². The molecule has 0 atom stereocenters. The van der Waals surface area contributed by atoms with E-state index in [0.29, 0.717) is 23.8 Å². The van der Waals surface area contributed by atoms with Crippen LogP contribution in [0.5, 0.6) is 0 Å². The molecule has 1 aromatic rings. The van der Waals surface area contributed by atoms with Crippen molar-refractivity contribution < 1.29 is 4.92 Å². The molecule has 0 spiro atoms. The highest BCUT2D eigenvalue weighted by atomic mass is 35.5. The number of nitro groups is 1. The van der Waals surface area contributed by atoms with E-state index in [0.717, 1.165) is 0 Å². The van der Waals surface area contributed by atoms with Crippen molar-refractivity contribution in [1.82, 2.24) is 0 Å². The Morgan fingerprint density at radius 1 is 1.53 bits per heavy atom. The highest BCUT2D eigenvalue weighted by Crippen LogP contribution is 2.32. The Balaban J connectivity index is 3.06. The predicted octanol–water partition coefficient (Wildman–Crippen LogP) is 1.20. The maximum absolute atomic E-state index is 10.6. The van der Waals surface area contributed by atoms with Crippen LogP contribution >= 0.6 is 11.6 Å². The van der Waals surface area contributed by atoms with Gasteiger partial charge in [-0.1, -0.05) is 11.6 Å². The topological polar surface area (TPSA) is 107 Å². The Morgan fingerprint density at radius 3 is 2.73 bits per heavy atom. The molecule has 0 saturated heterocycles. The first-order valence-electron chi connectivity index (χ1n) is 4.23. The summed E-state index contributed by atoms with van der Waals surface area (Å²) in [6.45, 7) is 0.898. The zero-order valence-corrected chi connectivity index (χ0v) is 8.62. The lowest BCUT2D eigenvalue weighted by atomic mass is 10.2. The molecule has 1 rings (SSSR count). The van der Waals surface area contributed by atoms with Gasteiger partial charge in [-0.25, -0.2) is 0 Å². The second-order valence-electron chi connectivity index (χ2n) is 2.86. The summed E-state index contributed by atoms with van der Waals surface area (Å²) in [7, 11) is 0. The summed E-state index contributed by atoms with van der Waals surface area (Å²) in [4.78, 5) is 10.0. The number of halogens is 1. The first-order valence-corrected chi connectivity index (χ1v) is 4.61. The van der Waals surface area contributed by atoms with Crippen molar-refractivity contribution in [2.24, 2.45) is 5.73 Å². The Bertz CT molecular complexity index is 383. The summed E-state index contributed by atoms with van der Waals surface area (Å²) in [5, 5.41) is 13.8. The molecule has 0 aliphatic heterocycles. The standard InChI is InChI=1S/C8H11ClN4O2/c9-5-3-6(11)8(13(14)15)4-7(5)12-2-1-10/h3-4,12H,1-2,10-11H2. The molecule has 5 N–H and O–H groups in total. The number of hydrogen-bond donors (Lipinski definition) is 3. The minimum atomic E-state index is -0.556. The second-order valence-corrected chi connectivity index (χ2v) is 3.27. The van der Waals surface area contributed by atoms with E-state index < -0.39 is 4.92 Å². The number of hydrogen-bond acceptors (Lipinski definition) is 5. The van der Waals surface area contributed by atoms with E-state index in [1.807, 2.05) is 0 Å². The van der Waals surface area contributed by atoms with Gasteiger partial charge >= 0.3 is 0 Å². The van der Waals surface area contributed by atoms with Gasteiger partial charge in [-0.3, -0.25) is 10.1 Å². The van der Waals surface area contributed by atoms with Crippen molar-refractivity contribution >= 4 is 28.7 Å². The number of anilines is 2.